The van der Waals surface area contributed by atoms with Crippen LogP contribution in [-0.4, -0.2) is 18.9 Å². The second-order valence-corrected chi connectivity index (χ2v) is 10.6. The summed E-state index contributed by atoms with van der Waals surface area (Å²) in [6, 6.07) is 18.7. The zero-order chi connectivity index (χ0) is 25.6. The number of carbonyl (C=O) groups excluding carboxylic acids is 2. The van der Waals surface area contributed by atoms with Crippen molar-refractivity contribution in [3.05, 3.63) is 114 Å². The molecule has 1 aliphatic heterocycles. The summed E-state index contributed by atoms with van der Waals surface area (Å²) in [6.07, 6.45) is 0. The molecule has 0 spiro atoms. The summed E-state index contributed by atoms with van der Waals surface area (Å²) in [5, 5.41) is 3.95. The number of nitrogens with one attached hydrogen (secondary N) is 1. The molecule has 8 heteroatoms. The standard InChI is InChI=1S/C28H20Br2ClNO4/c1-14-22(28(34)35-2)23(24-25(32-14)18-5-3-4-6-19(18)26(24)33)16-11-20(29)27(21(30)12-16)36-13-15-7-9-17(31)10-8-15/h3-12,23,32H,13H2,1-2H3/t23-/m0/s1. The maximum Gasteiger partial charge on any atom is 0.336 e. The molecule has 36 heavy (non-hydrogen) atoms. The van der Waals surface area contributed by atoms with Crippen molar-refractivity contribution in [3.63, 3.8) is 0 Å². The molecule has 1 N–H and O–H groups in total. The number of hydrogen-bond acceptors (Lipinski definition) is 5. The number of ether oxygens (including phenoxy) is 2. The number of carbonyl (C=O) groups is 2. The van der Waals surface area contributed by atoms with E-state index >= 15 is 0 Å². The number of fused-ring (bicyclic) bond motifs is 2. The van der Waals surface area contributed by atoms with Gasteiger partial charge in [-0.25, -0.2) is 4.79 Å². The molecule has 0 radical (unpaired) electrons. The van der Waals surface area contributed by atoms with E-state index in [1.54, 1.807) is 6.07 Å². The number of Topliss-reactive ketones (excluding diaryl/α,β-unsaturated/α-hetero) is 1. The average molecular weight is 630 g/mol. The van der Waals surface area contributed by atoms with Crippen molar-refractivity contribution in [1.82, 2.24) is 5.32 Å². The van der Waals surface area contributed by atoms with Crippen LogP contribution in [0.2, 0.25) is 5.02 Å². The van der Waals surface area contributed by atoms with Gasteiger partial charge in [0.2, 0.25) is 0 Å². The predicted octanol–water partition coefficient (Wildman–Crippen LogP) is 7.19. The number of halogens is 3. The van der Waals surface area contributed by atoms with E-state index in [1.165, 1.54) is 7.11 Å². The molecule has 1 atom stereocenters. The molecule has 0 saturated heterocycles. The molecule has 0 aromatic heterocycles. The first-order chi connectivity index (χ1) is 17.3. The number of esters is 1. The molecule has 0 amide bonds. The van der Waals surface area contributed by atoms with Gasteiger partial charge in [-0.3, -0.25) is 4.79 Å². The number of dihydropyridines is 1. The highest BCUT2D eigenvalue weighted by molar-refractivity contribution is 9.11. The van der Waals surface area contributed by atoms with Crippen LogP contribution in [0, 0.1) is 0 Å². The number of allylic oxidation sites excluding steroid dienone is 2. The quantitative estimate of drug-likeness (QED) is 0.303. The van der Waals surface area contributed by atoms with Crippen molar-refractivity contribution in [2.45, 2.75) is 19.4 Å². The second kappa shape index (κ2) is 9.88. The first kappa shape index (κ1) is 24.8. The molecule has 0 saturated carbocycles. The SMILES string of the molecule is COC(=O)C1=C(C)NC2=C(C(=O)c3ccccc32)[C@H]1c1cc(Br)c(OCc2ccc(Cl)cc2)c(Br)c1. The van der Waals surface area contributed by atoms with Crippen LogP contribution in [0.4, 0.5) is 0 Å². The Hall–Kier alpha value is -2.87. The summed E-state index contributed by atoms with van der Waals surface area (Å²) in [6.45, 7) is 2.17. The third-order valence-corrected chi connectivity index (χ3v) is 7.73. The first-order valence-electron chi connectivity index (χ1n) is 11.1. The fraction of sp³-hybridized carbons (Fsp3) is 0.143. The van der Waals surface area contributed by atoms with Crippen LogP contribution in [0.1, 0.15) is 39.9 Å². The lowest BCUT2D eigenvalue weighted by Crippen LogP contribution is -2.29. The lowest BCUT2D eigenvalue weighted by molar-refractivity contribution is -0.136. The highest BCUT2D eigenvalue weighted by Gasteiger charge is 2.43. The number of benzene rings is 3. The van der Waals surface area contributed by atoms with Gasteiger partial charge in [-0.2, -0.15) is 0 Å². The van der Waals surface area contributed by atoms with Crippen molar-refractivity contribution in [2.24, 2.45) is 0 Å². The van der Waals surface area contributed by atoms with Gasteiger partial charge in [0.1, 0.15) is 12.4 Å². The topological polar surface area (TPSA) is 64.6 Å². The summed E-state index contributed by atoms with van der Waals surface area (Å²) in [4.78, 5) is 26.5. The van der Waals surface area contributed by atoms with E-state index in [-0.39, 0.29) is 5.78 Å². The van der Waals surface area contributed by atoms with Crippen molar-refractivity contribution >= 4 is 60.9 Å². The van der Waals surface area contributed by atoms with Crippen molar-refractivity contribution < 1.29 is 19.1 Å². The van der Waals surface area contributed by atoms with E-state index in [0.717, 1.165) is 22.4 Å². The van der Waals surface area contributed by atoms with Crippen LogP contribution in [0.3, 0.4) is 0 Å². The Morgan fingerprint density at radius 1 is 1.03 bits per heavy atom. The van der Waals surface area contributed by atoms with Gasteiger partial charge in [0.15, 0.2) is 5.78 Å². The minimum absolute atomic E-state index is 0.109. The molecule has 5 rings (SSSR count). The first-order valence-corrected chi connectivity index (χ1v) is 13.1. The second-order valence-electron chi connectivity index (χ2n) is 8.48. The molecule has 1 aliphatic carbocycles. The molecule has 3 aromatic rings. The maximum absolute atomic E-state index is 13.6. The van der Waals surface area contributed by atoms with E-state index in [1.807, 2.05) is 61.5 Å². The van der Waals surface area contributed by atoms with Gasteiger partial charge in [0.25, 0.3) is 0 Å². The monoisotopic (exact) mass is 627 g/mol. The van der Waals surface area contributed by atoms with Crippen LogP contribution in [0.5, 0.6) is 5.75 Å². The molecule has 1 heterocycles. The molecule has 182 valence electrons. The Morgan fingerprint density at radius 3 is 2.31 bits per heavy atom. The van der Waals surface area contributed by atoms with Crippen LogP contribution < -0.4 is 10.1 Å². The zero-order valence-electron chi connectivity index (χ0n) is 19.3. The molecule has 0 fully saturated rings. The predicted molar refractivity (Wildman–Crippen MR) is 146 cm³/mol. The normalized spacial score (nSPS) is 16.5. The van der Waals surface area contributed by atoms with E-state index in [2.05, 4.69) is 37.2 Å². The smallest absolute Gasteiger partial charge is 0.336 e. The molecular weight excluding hydrogens is 610 g/mol. The Morgan fingerprint density at radius 2 is 1.67 bits per heavy atom. The van der Waals surface area contributed by atoms with Gasteiger partial charge in [0, 0.05) is 33.3 Å². The highest BCUT2D eigenvalue weighted by Crippen LogP contribution is 2.48. The Balaban J connectivity index is 1.57. The summed E-state index contributed by atoms with van der Waals surface area (Å²) in [7, 11) is 1.34. The Bertz CT molecular complexity index is 1450. The molecule has 5 nitrogen and oxygen atoms in total. The van der Waals surface area contributed by atoms with E-state index in [0.29, 0.717) is 48.7 Å². The largest absolute Gasteiger partial charge is 0.487 e. The lowest BCUT2D eigenvalue weighted by atomic mass is 9.80. The van der Waals surface area contributed by atoms with Crippen LogP contribution >= 0.6 is 43.5 Å². The highest BCUT2D eigenvalue weighted by atomic mass is 79.9. The average Bonchev–Trinajstić information content (AvgIpc) is 3.14. The van der Waals surface area contributed by atoms with Gasteiger partial charge in [-0.1, -0.05) is 48.0 Å². The molecule has 3 aromatic carbocycles. The van der Waals surface area contributed by atoms with E-state index < -0.39 is 11.9 Å². The molecular formula is C28H20Br2ClNO4. The van der Waals surface area contributed by atoms with Gasteiger partial charge < -0.3 is 14.8 Å². The van der Waals surface area contributed by atoms with Crippen LogP contribution in [-0.2, 0) is 16.1 Å². The molecule has 0 unspecified atom stereocenters. The van der Waals surface area contributed by atoms with E-state index in [9.17, 15) is 9.59 Å². The fourth-order valence-electron chi connectivity index (χ4n) is 4.66. The zero-order valence-corrected chi connectivity index (χ0v) is 23.3. The molecule has 0 bridgehead atoms. The number of rotatable bonds is 5. The number of methoxy groups -OCH3 is 1. The van der Waals surface area contributed by atoms with Gasteiger partial charge in [-0.15, -0.1) is 0 Å². The van der Waals surface area contributed by atoms with Crippen molar-refractivity contribution in [2.75, 3.05) is 7.11 Å². The van der Waals surface area contributed by atoms with Gasteiger partial charge in [0.05, 0.1) is 27.3 Å². The van der Waals surface area contributed by atoms with Crippen molar-refractivity contribution in [1.29, 1.82) is 0 Å². The summed E-state index contributed by atoms with van der Waals surface area (Å²) < 4.78 is 12.6. The van der Waals surface area contributed by atoms with Crippen LogP contribution in [0.25, 0.3) is 5.70 Å². The maximum atomic E-state index is 13.6. The Kier molecular flexibility index (Phi) is 6.81. The number of hydrogen-bond donors (Lipinski definition) is 1. The third kappa shape index (κ3) is 4.29. The minimum Gasteiger partial charge on any atom is -0.487 e. The van der Waals surface area contributed by atoms with Crippen molar-refractivity contribution in [3.8, 4) is 5.75 Å². The molecule has 2 aliphatic rings. The summed E-state index contributed by atoms with van der Waals surface area (Å²) >= 11 is 13.2. The third-order valence-electron chi connectivity index (χ3n) is 6.30. The van der Waals surface area contributed by atoms with Gasteiger partial charge >= 0.3 is 5.97 Å². The minimum atomic E-state index is -0.619. The summed E-state index contributed by atoms with van der Waals surface area (Å²) in [5.74, 6) is -0.609. The fourth-order valence-corrected chi connectivity index (χ4v) is 6.24. The van der Waals surface area contributed by atoms with Crippen LogP contribution in [0.15, 0.2) is 86.5 Å². The summed E-state index contributed by atoms with van der Waals surface area (Å²) in [5.41, 5.74) is 5.44. The number of ketones is 1. The van der Waals surface area contributed by atoms with E-state index in [4.69, 9.17) is 21.1 Å². The lowest BCUT2D eigenvalue weighted by Gasteiger charge is -2.29. The van der Waals surface area contributed by atoms with Gasteiger partial charge in [-0.05, 0) is 74.2 Å². The Labute approximate surface area is 230 Å².